The van der Waals surface area contributed by atoms with Crippen LogP contribution in [-0.2, 0) is 17.6 Å². The third kappa shape index (κ3) is 5.56. The lowest BCUT2D eigenvalue weighted by molar-refractivity contribution is -0.117. The number of carbonyl (C=O) groups excluding carboxylic acids is 1. The highest BCUT2D eigenvalue weighted by Gasteiger charge is 2.10. The van der Waals surface area contributed by atoms with Crippen LogP contribution in [0, 0.1) is 0 Å². The molecule has 0 atom stereocenters. The zero-order chi connectivity index (χ0) is 14.0. The van der Waals surface area contributed by atoms with Gasteiger partial charge in [-0.25, -0.2) is 0 Å². The Kier molecular flexibility index (Phi) is 9.42. The van der Waals surface area contributed by atoms with E-state index in [1.54, 1.807) is 0 Å². The van der Waals surface area contributed by atoms with Crippen molar-refractivity contribution in [1.29, 1.82) is 0 Å². The number of aliphatic hydroxyl groups is 1. The molecule has 4 heteroatoms. The Balaban J connectivity index is 0.000000659. The number of carbonyl (C=O) groups is 1. The molecular formula is C14H23NO2S. The molecule has 0 aliphatic heterocycles. The predicted molar refractivity (Wildman–Crippen MR) is 77.6 cm³/mol. The molecule has 0 fully saturated rings. The Morgan fingerprint density at radius 3 is 2.44 bits per heavy atom. The topological polar surface area (TPSA) is 49.3 Å². The van der Waals surface area contributed by atoms with Crippen molar-refractivity contribution in [3.63, 3.8) is 0 Å². The molecule has 0 aromatic heterocycles. The first-order valence-corrected chi connectivity index (χ1v) is 7.07. The van der Waals surface area contributed by atoms with E-state index in [0.717, 1.165) is 12.0 Å². The van der Waals surface area contributed by atoms with Crippen molar-refractivity contribution < 1.29 is 9.90 Å². The molecule has 0 bridgehead atoms. The van der Waals surface area contributed by atoms with E-state index in [1.807, 2.05) is 13.8 Å². The number of benzene rings is 1. The molecule has 1 amide bonds. The summed E-state index contributed by atoms with van der Waals surface area (Å²) in [6, 6.07) is 6.43. The summed E-state index contributed by atoms with van der Waals surface area (Å²) >= 11 is 1.39. The fourth-order valence-electron chi connectivity index (χ4n) is 1.74. The van der Waals surface area contributed by atoms with Gasteiger partial charge in [0, 0.05) is 18.9 Å². The van der Waals surface area contributed by atoms with Gasteiger partial charge >= 0.3 is 0 Å². The lowest BCUT2D eigenvalue weighted by Gasteiger charge is -2.04. The Hall–Kier alpha value is -1.00. The number of amides is 1. The molecule has 0 spiro atoms. The van der Waals surface area contributed by atoms with Crippen molar-refractivity contribution in [1.82, 2.24) is 4.72 Å². The maximum absolute atomic E-state index is 10.7. The summed E-state index contributed by atoms with van der Waals surface area (Å²) in [5.41, 5.74) is 2.91. The van der Waals surface area contributed by atoms with E-state index in [9.17, 15) is 4.79 Å². The number of hydrogen-bond acceptors (Lipinski definition) is 3. The number of hydrogen-bond donors (Lipinski definition) is 2. The number of fused-ring (bicyclic) bond motifs is 1. The Labute approximate surface area is 114 Å². The van der Waals surface area contributed by atoms with Gasteiger partial charge in [-0.15, -0.1) is 0 Å². The van der Waals surface area contributed by atoms with E-state index in [0.29, 0.717) is 0 Å². The highest BCUT2D eigenvalue weighted by Crippen LogP contribution is 2.26. The molecule has 1 aromatic rings. The quantitative estimate of drug-likeness (QED) is 0.812. The fraction of sp³-hybridized carbons (Fsp3) is 0.500. The van der Waals surface area contributed by atoms with Gasteiger partial charge in [-0.05, 0) is 54.5 Å². The molecule has 0 radical (unpaired) electrons. The second-order valence-corrected chi connectivity index (χ2v) is 4.42. The standard InChI is InChI=1S/C11H13NOS.C2H6.CH4O/c1-8(13)12-14-11-6-5-9-3-2-4-10(9)7-11;2*1-2/h5-7H,2-4H2,1H3,(H,12,13);1-2H3;2H,1H3. The van der Waals surface area contributed by atoms with Crippen LogP contribution in [0.5, 0.6) is 0 Å². The maximum atomic E-state index is 10.7. The van der Waals surface area contributed by atoms with Crippen LogP contribution < -0.4 is 4.72 Å². The van der Waals surface area contributed by atoms with Crippen molar-refractivity contribution in [2.75, 3.05) is 7.11 Å². The highest BCUT2D eigenvalue weighted by molar-refractivity contribution is 7.98. The normalized spacial score (nSPS) is 11.4. The summed E-state index contributed by atoms with van der Waals surface area (Å²) in [5.74, 6) is -0.00417. The van der Waals surface area contributed by atoms with Crippen LogP contribution in [0.1, 0.15) is 38.3 Å². The van der Waals surface area contributed by atoms with Crippen molar-refractivity contribution in [2.45, 2.75) is 44.9 Å². The van der Waals surface area contributed by atoms with Crippen LogP contribution in [0.3, 0.4) is 0 Å². The van der Waals surface area contributed by atoms with Crippen LogP contribution in [0.4, 0.5) is 0 Å². The van der Waals surface area contributed by atoms with Crippen molar-refractivity contribution in [3.8, 4) is 0 Å². The average molecular weight is 269 g/mol. The highest BCUT2D eigenvalue weighted by atomic mass is 32.2. The summed E-state index contributed by atoms with van der Waals surface area (Å²) in [4.78, 5) is 11.8. The molecular weight excluding hydrogens is 246 g/mol. The second-order valence-electron chi connectivity index (χ2n) is 3.54. The Morgan fingerprint density at radius 1 is 1.22 bits per heavy atom. The number of aliphatic hydroxyl groups excluding tert-OH is 1. The average Bonchev–Trinajstić information content (AvgIpc) is 2.88. The number of aryl methyl sites for hydroxylation is 2. The SMILES string of the molecule is CC.CC(=O)NSc1ccc2c(c1)CCC2.CO. The Bertz CT molecular complexity index is 367. The zero-order valence-corrected chi connectivity index (χ0v) is 12.4. The molecule has 0 unspecified atom stereocenters. The van der Waals surface area contributed by atoms with Crippen LogP contribution in [-0.4, -0.2) is 18.1 Å². The van der Waals surface area contributed by atoms with Crippen LogP contribution in [0.15, 0.2) is 23.1 Å². The molecule has 18 heavy (non-hydrogen) atoms. The van der Waals surface area contributed by atoms with Gasteiger partial charge in [0.15, 0.2) is 0 Å². The summed E-state index contributed by atoms with van der Waals surface area (Å²) in [6.07, 6.45) is 3.66. The Morgan fingerprint density at radius 2 is 1.83 bits per heavy atom. The number of rotatable bonds is 2. The summed E-state index contributed by atoms with van der Waals surface area (Å²) in [7, 11) is 1.00. The summed E-state index contributed by atoms with van der Waals surface area (Å²) in [5, 5.41) is 7.00. The fourth-order valence-corrected chi connectivity index (χ4v) is 2.34. The molecule has 1 aliphatic carbocycles. The molecule has 1 aliphatic rings. The largest absolute Gasteiger partial charge is 0.400 e. The molecule has 0 saturated carbocycles. The molecule has 0 heterocycles. The first-order valence-electron chi connectivity index (χ1n) is 6.25. The minimum atomic E-state index is -0.00417. The molecule has 102 valence electrons. The van der Waals surface area contributed by atoms with Gasteiger partial charge < -0.3 is 5.11 Å². The molecule has 2 N–H and O–H groups in total. The van der Waals surface area contributed by atoms with Crippen LogP contribution in [0.25, 0.3) is 0 Å². The second kappa shape index (κ2) is 9.97. The van der Waals surface area contributed by atoms with Gasteiger partial charge in [-0.2, -0.15) is 0 Å². The van der Waals surface area contributed by atoms with Gasteiger partial charge in [0.2, 0.25) is 5.91 Å². The van der Waals surface area contributed by atoms with E-state index in [4.69, 9.17) is 5.11 Å². The third-order valence-electron chi connectivity index (χ3n) is 2.38. The van der Waals surface area contributed by atoms with Crippen molar-refractivity contribution in [3.05, 3.63) is 29.3 Å². The van der Waals surface area contributed by atoms with Gasteiger partial charge in [0.05, 0.1) is 0 Å². The first-order chi connectivity index (χ1) is 8.75. The minimum absolute atomic E-state index is 0.00417. The van der Waals surface area contributed by atoms with Crippen LogP contribution in [0.2, 0.25) is 0 Å². The van der Waals surface area contributed by atoms with E-state index in [2.05, 4.69) is 22.9 Å². The smallest absolute Gasteiger partial charge is 0.226 e. The van der Waals surface area contributed by atoms with Crippen molar-refractivity contribution in [2.24, 2.45) is 0 Å². The molecule has 0 saturated heterocycles. The van der Waals surface area contributed by atoms with Crippen molar-refractivity contribution >= 4 is 17.9 Å². The lowest BCUT2D eigenvalue weighted by Crippen LogP contribution is -2.09. The third-order valence-corrected chi connectivity index (χ3v) is 3.26. The summed E-state index contributed by atoms with van der Waals surface area (Å²) < 4.78 is 2.73. The van der Waals surface area contributed by atoms with Gasteiger partial charge in [0.25, 0.3) is 0 Å². The van der Waals surface area contributed by atoms with E-state index in [-0.39, 0.29) is 5.91 Å². The molecule has 2 rings (SSSR count). The summed E-state index contributed by atoms with van der Waals surface area (Å²) in [6.45, 7) is 5.53. The lowest BCUT2D eigenvalue weighted by atomic mass is 10.1. The minimum Gasteiger partial charge on any atom is -0.400 e. The van der Waals surface area contributed by atoms with E-state index in [1.165, 1.54) is 49.3 Å². The molecule has 3 nitrogen and oxygen atoms in total. The maximum Gasteiger partial charge on any atom is 0.226 e. The number of nitrogens with one attached hydrogen (secondary N) is 1. The van der Waals surface area contributed by atoms with Crippen LogP contribution >= 0.6 is 11.9 Å². The monoisotopic (exact) mass is 269 g/mol. The van der Waals surface area contributed by atoms with Gasteiger partial charge in [-0.1, -0.05) is 19.9 Å². The molecule has 1 aromatic carbocycles. The first kappa shape index (κ1) is 17.0. The van der Waals surface area contributed by atoms with E-state index >= 15 is 0 Å². The van der Waals surface area contributed by atoms with Gasteiger partial charge in [-0.3, -0.25) is 9.52 Å². The van der Waals surface area contributed by atoms with E-state index < -0.39 is 0 Å². The zero-order valence-electron chi connectivity index (χ0n) is 11.6. The predicted octanol–water partition coefficient (Wildman–Crippen LogP) is 2.95. The van der Waals surface area contributed by atoms with Gasteiger partial charge in [0.1, 0.15) is 0 Å².